The predicted octanol–water partition coefficient (Wildman–Crippen LogP) is 3.78. The van der Waals surface area contributed by atoms with Crippen molar-refractivity contribution < 1.29 is 0 Å². The number of H-pyrrole nitrogens is 1. The summed E-state index contributed by atoms with van der Waals surface area (Å²) in [7, 11) is 0. The first-order chi connectivity index (χ1) is 9.25. The first kappa shape index (κ1) is 13.0. The van der Waals surface area contributed by atoms with Crippen LogP contribution in [0.3, 0.4) is 0 Å². The highest BCUT2D eigenvalue weighted by molar-refractivity contribution is 5.63. The van der Waals surface area contributed by atoms with Gasteiger partial charge in [-0.15, -0.1) is 0 Å². The number of benzene rings is 2. The molecule has 3 aromatic rings. The van der Waals surface area contributed by atoms with E-state index in [1.807, 2.05) is 0 Å². The van der Waals surface area contributed by atoms with Crippen molar-refractivity contribution in [1.29, 1.82) is 0 Å². The molecule has 3 nitrogen and oxygen atoms in total. The molecular weight excluding hydrogens is 234 g/mol. The first-order valence-corrected chi connectivity index (χ1v) is 6.19. The number of aromatic amines is 1. The fourth-order valence-corrected chi connectivity index (χ4v) is 1.66. The third kappa shape index (κ3) is 4.07. The lowest BCUT2D eigenvalue weighted by atomic mass is 10.0. The quantitative estimate of drug-likeness (QED) is 0.715. The van der Waals surface area contributed by atoms with Gasteiger partial charge in [0.25, 0.3) is 0 Å². The molecule has 19 heavy (non-hydrogen) atoms. The number of nitrogens with one attached hydrogen (secondary N) is 1. The summed E-state index contributed by atoms with van der Waals surface area (Å²) in [5, 5.41) is 9.33. The smallest absolute Gasteiger partial charge is 0.0690 e. The monoisotopic (exact) mass is 251 g/mol. The van der Waals surface area contributed by atoms with Gasteiger partial charge in [0.05, 0.1) is 12.4 Å². The van der Waals surface area contributed by atoms with Gasteiger partial charge in [0.1, 0.15) is 0 Å². The highest BCUT2D eigenvalue weighted by atomic mass is 15.3. The molecule has 2 aromatic carbocycles. The molecule has 0 aliphatic carbocycles. The van der Waals surface area contributed by atoms with Crippen molar-refractivity contribution in [3.8, 4) is 11.1 Å². The number of aromatic nitrogens is 3. The zero-order chi connectivity index (χ0) is 13.5. The molecule has 0 aliphatic rings. The van der Waals surface area contributed by atoms with Crippen LogP contribution in [-0.4, -0.2) is 15.4 Å². The zero-order valence-corrected chi connectivity index (χ0v) is 11.2. The molecule has 3 heteroatoms. The number of hydrogen-bond acceptors (Lipinski definition) is 2. The molecule has 1 heterocycles. The Labute approximate surface area is 113 Å². The van der Waals surface area contributed by atoms with Crippen LogP contribution in [0.4, 0.5) is 0 Å². The lowest BCUT2D eigenvalue weighted by molar-refractivity contribution is 0.940. The second-order valence-electron chi connectivity index (χ2n) is 4.39. The molecule has 0 spiro atoms. The molecule has 0 atom stereocenters. The van der Waals surface area contributed by atoms with E-state index in [9.17, 15) is 0 Å². The van der Waals surface area contributed by atoms with Gasteiger partial charge in [-0.25, -0.2) is 0 Å². The van der Waals surface area contributed by atoms with Crippen molar-refractivity contribution in [3.63, 3.8) is 0 Å². The molecule has 0 saturated heterocycles. The third-order valence-corrected chi connectivity index (χ3v) is 2.77. The molecule has 0 aliphatic heterocycles. The van der Waals surface area contributed by atoms with Gasteiger partial charge < -0.3 is 0 Å². The fourth-order valence-electron chi connectivity index (χ4n) is 1.66. The number of nitrogens with zero attached hydrogens (tertiary/aromatic N) is 2. The first-order valence-electron chi connectivity index (χ1n) is 6.19. The van der Waals surface area contributed by atoms with Gasteiger partial charge >= 0.3 is 0 Å². The largest absolute Gasteiger partial charge is 0.198 e. The van der Waals surface area contributed by atoms with Crippen molar-refractivity contribution in [2.75, 3.05) is 0 Å². The van der Waals surface area contributed by atoms with Crippen molar-refractivity contribution in [2.24, 2.45) is 0 Å². The highest BCUT2D eigenvalue weighted by Gasteiger charge is 1.95. The third-order valence-electron chi connectivity index (χ3n) is 2.77. The summed E-state index contributed by atoms with van der Waals surface area (Å²) in [6, 6.07) is 17.3. The molecule has 0 saturated carbocycles. The minimum Gasteiger partial charge on any atom is -0.198 e. The number of hydrogen-bond donors (Lipinski definition) is 1. The van der Waals surface area contributed by atoms with Crippen LogP contribution in [-0.2, 0) is 0 Å². The van der Waals surface area contributed by atoms with Gasteiger partial charge in [-0.3, -0.25) is 0 Å². The van der Waals surface area contributed by atoms with E-state index in [0.717, 1.165) is 0 Å². The van der Waals surface area contributed by atoms with E-state index in [0.29, 0.717) is 0 Å². The van der Waals surface area contributed by atoms with Gasteiger partial charge in [-0.1, -0.05) is 59.7 Å². The maximum Gasteiger partial charge on any atom is 0.0690 e. The Morgan fingerprint density at radius 3 is 1.26 bits per heavy atom. The molecule has 0 radical (unpaired) electrons. The Hall–Kier alpha value is -2.42. The second-order valence-corrected chi connectivity index (χ2v) is 4.39. The SMILES string of the molecule is Cc1ccc(-c2ccc(C)cc2)cc1.c1cn[nH]n1. The maximum atomic E-state index is 3.49. The second kappa shape index (κ2) is 6.50. The van der Waals surface area contributed by atoms with E-state index in [2.05, 4.69) is 77.8 Å². The Bertz CT molecular complexity index is 520. The molecule has 0 amide bonds. The van der Waals surface area contributed by atoms with Crippen LogP contribution in [0.2, 0.25) is 0 Å². The minimum absolute atomic E-state index is 1.29. The molecule has 1 aromatic heterocycles. The average Bonchev–Trinajstić information content (AvgIpc) is 3.00. The summed E-state index contributed by atoms with van der Waals surface area (Å²) in [5.74, 6) is 0. The lowest BCUT2D eigenvalue weighted by Gasteiger charge is -2.02. The van der Waals surface area contributed by atoms with Crippen LogP contribution >= 0.6 is 0 Å². The summed E-state index contributed by atoms with van der Waals surface area (Å²) < 4.78 is 0. The van der Waals surface area contributed by atoms with Crippen LogP contribution in [0.1, 0.15) is 11.1 Å². The molecule has 0 bridgehead atoms. The maximum absolute atomic E-state index is 3.49. The van der Waals surface area contributed by atoms with E-state index in [1.54, 1.807) is 12.4 Å². The van der Waals surface area contributed by atoms with Gasteiger partial charge in [-0.05, 0) is 25.0 Å². The van der Waals surface area contributed by atoms with E-state index in [1.165, 1.54) is 22.3 Å². The Morgan fingerprint density at radius 1 is 0.632 bits per heavy atom. The number of aryl methyl sites for hydroxylation is 2. The number of rotatable bonds is 1. The van der Waals surface area contributed by atoms with Crippen LogP contribution < -0.4 is 0 Å². The van der Waals surface area contributed by atoms with Crippen molar-refractivity contribution >= 4 is 0 Å². The van der Waals surface area contributed by atoms with Crippen LogP contribution in [0.25, 0.3) is 11.1 Å². The minimum atomic E-state index is 1.29. The highest BCUT2D eigenvalue weighted by Crippen LogP contribution is 2.19. The Kier molecular flexibility index (Phi) is 4.45. The predicted molar refractivity (Wildman–Crippen MR) is 77.7 cm³/mol. The van der Waals surface area contributed by atoms with Crippen LogP contribution in [0.5, 0.6) is 0 Å². The molecule has 96 valence electrons. The van der Waals surface area contributed by atoms with Crippen LogP contribution in [0, 0.1) is 13.8 Å². The van der Waals surface area contributed by atoms with E-state index < -0.39 is 0 Å². The topological polar surface area (TPSA) is 41.6 Å². The van der Waals surface area contributed by atoms with Crippen molar-refractivity contribution in [2.45, 2.75) is 13.8 Å². The van der Waals surface area contributed by atoms with E-state index in [4.69, 9.17) is 0 Å². The van der Waals surface area contributed by atoms with E-state index >= 15 is 0 Å². The summed E-state index contributed by atoms with van der Waals surface area (Å²) in [4.78, 5) is 0. The van der Waals surface area contributed by atoms with E-state index in [-0.39, 0.29) is 0 Å². The molecule has 3 rings (SSSR count). The normalized spacial score (nSPS) is 9.58. The molecular formula is C16H17N3. The van der Waals surface area contributed by atoms with Gasteiger partial charge in [0, 0.05) is 0 Å². The Morgan fingerprint density at radius 2 is 1.00 bits per heavy atom. The summed E-state index contributed by atoms with van der Waals surface area (Å²) >= 11 is 0. The van der Waals surface area contributed by atoms with Crippen molar-refractivity contribution in [1.82, 2.24) is 15.4 Å². The summed E-state index contributed by atoms with van der Waals surface area (Å²) in [5.41, 5.74) is 5.19. The zero-order valence-electron chi connectivity index (χ0n) is 11.2. The van der Waals surface area contributed by atoms with Gasteiger partial charge in [0.15, 0.2) is 0 Å². The fraction of sp³-hybridized carbons (Fsp3) is 0.125. The summed E-state index contributed by atoms with van der Waals surface area (Å²) in [6.45, 7) is 4.22. The Balaban J connectivity index is 0.000000224. The lowest BCUT2D eigenvalue weighted by Crippen LogP contribution is -1.78. The molecule has 1 N–H and O–H groups in total. The van der Waals surface area contributed by atoms with Crippen LogP contribution in [0.15, 0.2) is 60.9 Å². The molecule has 0 unspecified atom stereocenters. The summed E-state index contributed by atoms with van der Waals surface area (Å²) in [6.07, 6.45) is 3.17. The van der Waals surface area contributed by atoms with Gasteiger partial charge in [0.2, 0.25) is 0 Å². The molecule has 0 fully saturated rings. The van der Waals surface area contributed by atoms with Gasteiger partial charge in [-0.2, -0.15) is 15.4 Å². The average molecular weight is 251 g/mol. The standard InChI is InChI=1S/C14H14.C2H3N3/c1-11-3-7-13(8-4-11)14-9-5-12(2)6-10-14;1-2-4-5-3-1/h3-10H,1-2H3;1-2H,(H,3,4,5). The van der Waals surface area contributed by atoms with Crippen molar-refractivity contribution in [3.05, 3.63) is 72.1 Å².